The summed E-state index contributed by atoms with van der Waals surface area (Å²) >= 11 is 0. The van der Waals surface area contributed by atoms with Gasteiger partial charge in [-0.25, -0.2) is 4.79 Å². The SMILES string of the molecule is O=C(CN1CCCCC1)NC1CCOCC1Oc1ccc(C(=O)O)cc1. The van der Waals surface area contributed by atoms with Gasteiger partial charge in [-0.05, 0) is 56.6 Å². The number of carboxylic acids is 1. The molecule has 2 heterocycles. The Morgan fingerprint density at radius 3 is 2.62 bits per heavy atom. The molecule has 142 valence electrons. The summed E-state index contributed by atoms with van der Waals surface area (Å²) in [5.74, 6) is -0.380. The summed E-state index contributed by atoms with van der Waals surface area (Å²) in [5.41, 5.74) is 0.212. The van der Waals surface area contributed by atoms with Gasteiger partial charge < -0.3 is 19.9 Å². The van der Waals surface area contributed by atoms with Crippen LogP contribution in [-0.4, -0.2) is 66.9 Å². The first-order valence-electron chi connectivity index (χ1n) is 9.21. The van der Waals surface area contributed by atoms with Crippen LogP contribution in [0.3, 0.4) is 0 Å². The molecule has 0 spiro atoms. The second kappa shape index (κ2) is 9.00. The first-order valence-corrected chi connectivity index (χ1v) is 9.21. The van der Waals surface area contributed by atoms with Gasteiger partial charge in [-0.3, -0.25) is 9.69 Å². The molecule has 2 aliphatic heterocycles. The normalized spacial score (nSPS) is 24.0. The molecule has 2 aliphatic rings. The van der Waals surface area contributed by atoms with Crippen molar-refractivity contribution >= 4 is 11.9 Å². The van der Waals surface area contributed by atoms with E-state index in [2.05, 4.69) is 10.2 Å². The van der Waals surface area contributed by atoms with Crippen molar-refractivity contribution in [1.29, 1.82) is 0 Å². The maximum Gasteiger partial charge on any atom is 0.335 e. The number of hydrogen-bond acceptors (Lipinski definition) is 5. The molecule has 0 bridgehead atoms. The Morgan fingerprint density at radius 1 is 1.19 bits per heavy atom. The number of ether oxygens (including phenoxy) is 2. The molecule has 2 unspecified atom stereocenters. The zero-order valence-electron chi connectivity index (χ0n) is 14.9. The number of nitrogens with one attached hydrogen (secondary N) is 1. The fourth-order valence-electron chi connectivity index (χ4n) is 3.42. The number of nitrogens with zero attached hydrogens (tertiary/aromatic N) is 1. The topological polar surface area (TPSA) is 88.1 Å². The number of amides is 1. The fraction of sp³-hybridized carbons (Fsp3) is 0.579. The molecule has 7 heteroatoms. The van der Waals surface area contributed by atoms with Crippen molar-refractivity contribution in [1.82, 2.24) is 10.2 Å². The van der Waals surface area contributed by atoms with Gasteiger partial charge in [0.1, 0.15) is 11.9 Å². The van der Waals surface area contributed by atoms with Crippen molar-refractivity contribution in [3.8, 4) is 5.75 Å². The summed E-state index contributed by atoms with van der Waals surface area (Å²) in [6.07, 6.45) is 3.97. The summed E-state index contributed by atoms with van der Waals surface area (Å²) < 4.78 is 11.4. The molecular weight excluding hydrogens is 336 g/mol. The van der Waals surface area contributed by atoms with Crippen molar-refractivity contribution in [2.75, 3.05) is 32.8 Å². The lowest BCUT2D eigenvalue weighted by molar-refractivity contribution is -0.125. The van der Waals surface area contributed by atoms with Gasteiger partial charge in [0.05, 0.1) is 24.8 Å². The zero-order chi connectivity index (χ0) is 18.4. The van der Waals surface area contributed by atoms with Crippen molar-refractivity contribution < 1.29 is 24.2 Å². The Kier molecular flexibility index (Phi) is 6.46. The molecule has 1 amide bonds. The highest BCUT2D eigenvalue weighted by molar-refractivity contribution is 5.87. The minimum absolute atomic E-state index is 0.0219. The van der Waals surface area contributed by atoms with Gasteiger partial charge in [0.25, 0.3) is 0 Å². The second-order valence-electron chi connectivity index (χ2n) is 6.86. The van der Waals surface area contributed by atoms with Gasteiger partial charge in [0, 0.05) is 6.61 Å². The summed E-state index contributed by atoms with van der Waals surface area (Å²) in [5, 5.41) is 12.0. The average molecular weight is 362 g/mol. The van der Waals surface area contributed by atoms with E-state index in [-0.39, 0.29) is 23.6 Å². The van der Waals surface area contributed by atoms with E-state index in [1.165, 1.54) is 18.6 Å². The Morgan fingerprint density at radius 2 is 1.92 bits per heavy atom. The monoisotopic (exact) mass is 362 g/mol. The van der Waals surface area contributed by atoms with Crippen molar-refractivity contribution in [3.63, 3.8) is 0 Å². The maximum atomic E-state index is 12.4. The number of rotatable bonds is 6. The molecule has 0 radical (unpaired) electrons. The molecule has 7 nitrogen and oxygen atoms in total. The highest BCUT2D eigenvalue weighted by Crippen LogP contribution is 2.19. The lowest BCUT2D eigenvalue weighted by Gasteiger charge is -2.33. The fourth-order valence-corrected chi connectivity index (χ4v) is 3.42. The van der Waals surface area contributed by atoms with Crippen LogP contribution in [0.1, 0.15) is 36.0 Å². The lowest BCUT2D eigenvalue weighted by Crippen LogP contribution is -2.53. The van der Waals surface area contributed by atoms with E-state index in [0.29, 0.717) is 31.9 Å². The number of benzene rings is 1. The Balaban J connectivity index is 1.54. The predicted molar refractivity (Wildman–Crippen MR) is 95.5 cm³/mol. The Labute approximate surface area is 153 Å². The molecular formula is C19H26N2O5. The molecule has 0 aromatic heterocycles. The number of carbonyl (C=O) groups excluding carboxylic acids is 1. The van der Waals surface area contributed by atoms with E-state index < -0.39 is 5.97 Å². The molecule has 1 aromatic carbocycles. The zero-order valence-corrected chi connectivity index (χ0v) is 14.9. The summed E-state index contributed by atoms with van der Waals surface area (Å²) in [7, 11) is 0. The Hall–Kier alpha value is -2.12. The third kappa shape index (κ3) is 5.19. The Bertz CT molecular complexity index is 613. The molecule has 2 atom stereocenters. The van der Waals surface area contributed by atoms with E-state index in [9.17, 15) is 9.59 Å². The van der Waals surface area contributed by atoms with Crippen LogP contribution in [0.25, 0.3) is 0 Å². The van der Waals surface area contributed by atoms with E-state index in [1.54, 1.807) is 12.1 Å². The quantitative estimate of drug-likeness (QED) is 0.798. The minimum atomic E-state index is -0.972. The number of likely N-dealkylation sites (tertiary alicyclic amines) is 1. The predicted octanol–water partition coefficient (Wildman–Crippen LogP) is 1.52. The largest absolute Gasteiger partial charge is 0.486 e. The highest BCUT2D eigenvalue weighted by atomic mass is 16.5. The van der Waals surface area contributed by atoms with Crippen LogP contribution >= 0.6 is 0 Å². The van der Waals surface area contributed by atoms with Crippen LogP contribution in [0.15, 0.2) is 24.3 Å². The summed E-state index contributed by atoms with van der Waals surface area (Å²) in [4.78, 5) is 25.5. The second-order valence-corrected chi connectivity index (χ2v) is 6.86. The van der Waals surface area contributed by atoms with Crippen LogP contribution < -0.4 is 10.1 Å². The van der Waals surface area contributed by atoms with E-state index >= 15 is 0 Å². The third-order valence-corrected chi connectivity index (χ3v) is 4.86. The van der Waals surface area contributed by atoms with Gasteiger partial charge in [-0.15, -0.1) is 0 Å². The standard InChI is InChI=1S/C19H26N2O5/c22-18(12-21-9-2-1-3-10-21)20-16-8-11-25-13-17(16)26-15-6-4-14(5-7-15)19(23)24/h4-7,16-17H,1-3,8-13H2,(H,20,22)(H,23,24). The van der Waals surface area contributed by atoms with Crippen LogP contribution in [0.5, 0.6) is 5.75 Å². The average Bonchev–Trinajstić information content (AvgIpc) is 2.64. The van der Waals surface area contributed by atoms with E-state index in [4.69, 9.17) is 14.6 Å². The summed E-state index contributed by atoms with van der Waals surface area (Å²) in [6.45, 7) is 3.38. The van der Waals surface area contributed by atoms with Gasteiger partial charge in [-0.1, -0.05) is 6.42 Å². The van der Waals surface area contributed by atoms with Crippen LogP contribution in [0.4, 0.5) is 0 Å². The molecule has 3 rings (SSSR count). The molecule has 0 aliphatic carbocycles. The number of carbonyl (C=O) groups is 2. The van der Waals surface area contributed by atoms with Gasteiger partial charge >= 0.3 is 5.97 Å². The number of hydrogen-bond donors (Lipinski definition) is 2. The first kappa shape index (κ1) is 18.7. The van der Waals surface area contributed by atoms with Crippen LogP contribution in [0, 0.1) is 0 Å². The van der Waals surface area contributed by atoms with E-state index in [0.717, 1.165) is 25.9 Å². The molecule has 2 N–H and O–H groups in total. The molecule has 26 heavy (non-hydrogen) atoms. The molecule has 0 saturated carbocycles. The molecule has 2 fully saturated rings. The molecule has 2 saturated heterocycles. The van der Waals surface area contributed by atoms with E-state index in [1.807, 2.05) is 0 Å². The highest BCUT2D eigenvalue weighted by Gasteiger charge is 2.29. The number of piperidine rings is 1. The first-order chi connectivity index (χ1) is 12.6. The molecule has 1 aromatic rings. The van der Waals surface area contributed by atoms with Gasteiger partial charge in [0.2, 0.25) is 5.91 Å². The van der Waals surface area contributed by atoms with Crippen molar-refractivity contribution in [2.24, 2.45) is 0 Å². The van der Waals surface area contributed by atoms with Crippen molar-refractivity contribution in [3.05, 3.63) is 29.8 Å². The lowest BCUT2D eigenvalue weighted by atomic mass is 10.1. The van der Waals surface area contributed by atoms with Crippen LogP contribution in [0.2, 0.25) is 0 Å². The smallest absolute Gasteiger partial charge is 0.335 e. The third-order valence-electron chi connectivity index (χ3n) is 4.86. The van der Waals surface area contributed by atoms with Crippen LogP contribution in [-0.2, 0) is 9.53 Å². The number of carboxylic acid groups (broad SMARTS) is 1. The minimum Gasteiger partial charge on any atom is -0.486 e. The van der Waals surface area contributed by atoms with Gasteiger partial charge in [0.15, 0.2) is 0 Å². The van der Waals surface area contributed by atoms with Gasteiger partial charge in [-0.2, -0.15) is 0 Å². The maximum absolute atomic E-state index is 12.4. The summed E-state index contributed by atoms with van der Waals surface area (Å²) in [6, 6.07) is 6.16. The van der Waals surface area contributed by atoms with Crippen molar-refractivity contribution in [2.45, 2.75) is 37.8 Å². The number of aromatic carboxylic acids is 1.